The number of aromatic nitrogens is 1. The molecule has 1 aromatic carbocycles. The van der Waals surface area contributed by atoms with Crippen molar-refractivity contribution in [1.29, 1.82) is 0 Å². The van der Waals surface area contributed by atoms with E-state index in [4.69, 9.17) is 4.99 Å². The Balaban J connectivity index is 1.69. The number of aromatic amines is 1. The minimum Gasteiger partial charge on any atom is -0.345 e. The van der Waals surface area contributed by atoms with Gasteiger partial charge in [-0.05, 0) is 55.7 Å². The van der Waals surface area contributed by atoms with E-state index in [1.807, 2.05) is 48.7 Å². The standard InChI is InChI=1S/C27H29N3O2/c1-5-22-21-14-18(2)17-27(22,23-11-12-25(31)29-24(23)16-21)28-13-7-9-19-8-6-10-20(15-19)26(32)30(3)4/h5-15,21H,16-17H2,1-4H3,(H,29,31)/b9-7+,22-5+,28-13?. The van der Waals surface area contributed by atoms with Gasteiger partial charge in [0.2, 0.25) is 5.56 Å². The zero-order valence-electron chi connectivity index (χ0n) is 19.1. The lowest BCUT2D eigenvalue weighted by Gasteiger charge is -2.45. The third-order valence-corrected chi connectivity index (χ3v) is 6.29. The molecule has 0 saturated carbocycles. The Morgan fingerprint density at radius 2 is 2.06 bits per heavy atom. The van der Waals surface area contributed by atoms with Crippen LogP contribution in [0.3, 0.4) is 0 Å². The van der Waals surface area contributed by atoms with E-state index in [1.54, 1.807) is 25.1 Å². The van der Waals surface area contributed by atoms with E-state index in [1.165, 1.54) is 11.1 Å². The van der Waals surface area contributed by atoms with Crippen LogP contribution in [0.2, 0.25) is 0 Å². The average Bonchev–Trinajstić information content (AvgIpc) is 2.75. The summed E-state index contributed by atoms with van der Waals surface area (Å²) in [6.45, 7) is 4.23. The fourth-order valence-electron chi connectivity index (χ4n) is 5.01. The van der Waals surface area contributed by atoms with Crippen LogP contribution in [0.5, 0.6) is 0 Å². The predicted molar refractivity (Wildman–Crippen MR) is 130 cm³/mol. The van der Waals surface area contributed by atoms with Crippen molar-refractivity contribution in [2.75, 3.05) is 14.1 Å². The lowest BCUT2D eigenvalue weighted by atomic mass is 9.63. The Kier molecular flexibility index (Phi) is 5.83. The molecule has 0 aliphatic heterocycles. The second-order valence-electron chi connectivity index (χ2n) is 8.78. The van der Waals surface area contributed by atoms with Crippen molar-refractivity contribution in [2.24, 2.45) is 10.9 Å². The van der Waals surface area contributed by atoms with E-state index in [0.29, 0.717) is 5.56 Å². The molecule has 32 heavy (non-hydrogen) atoms. The molecule has 2 aliphatic carbocycles. The number of carbonyl (C=O) groups is 1. The molecule has 0 saturated heterocycles. The molecule has 2 aromatic rings. The van der Waals surface area contributed by atoms with Gasteiger partial charge in [-0.15, -0.1) is 0 Å². The number of carbonyl (C=O) groups excluding carboxylic acids is 1. The van der Waals surface area contributed by atoms with Crippen LogP contribution >= 0.6 is 0 Å². The smallest absolute Gasteiger partial charge is 0.253 e. The highest BCUT2D eigenvalue weighted by Crippen LogP contribution is 2.51. The summed E-state index contributed by atoms with van der Waals surface area (Å²) in [6, 6.07) is 11.1. The Hall–Kier alpha value is -3.47. The van der Waals surface area contributed by atoms with Gasteiger partial charge in [0.05, 0.1) is 0 Å². The number of H-pyrrole nitrogens is 1. The van der Waals surface area contributed by atoms with Gasteiger partial charge in [0, 0.05) is 55.5 Å². The fraction of sp³-hybridized carbons (Fsp3) is 0.296. The topological polar surface area (TPSA) is 65.5 Å². The monoisotopic (exact) mass is 427 g/mol. The average molecular weight is 428 g/mol. The first-order valence-electron chi connectivity index (χ1n) is 10.9. The molecule has 0 fully saturated rings. The molecule has 0 spiro atoms. The molecular weight excluding hydrogens is 398 g/mol. The number of hydrogen-bond donors (Lipinski definition) is 1. The highest BCUT2D eigenvalue weighted by molar-refractivity contribution is 5.94. The van der Waals surface area contributed by atoms with Gasteiger partial charge < -0.3 is 9.88 Å². The van der Waals surface area contributed by atoms with E-state index in [9.17, 15) is 9.59 Å². The van der Waals surface area contributed by atoms with Crippen LogP contribution in [0.15, 0.2) is 75.6 Å². The van der Waals surface area contributed by atoms with Crippen molar-refractivity contribution in [3.63, 3.8) is 0 Å². The third kappa shape index (κ3) is 3.91. The molecule has 5 nitrogen and oxygen atoms in total. The maximum Gasteiger partial charge on any atom is 0.253 e. The number of benzene rings is 1. The lowest BCUT2D eigenvalue weighted by Crippen LogP contribution is -2.40. The van der Waals surface area contributed by atoms with Crippen LogP contribution in [0.25, 0.3) is 6.08 Å². The molecule has 1 aromatic heterocycles. The van der Waals surface area contributed by atoms with E-state index in [2.05, 4.69) is 31.0 Å². The summed E-state index contributed by atoms with van der Waals surface area (Å²) < 4.78 is 0. The molecule has 5 heteroatoms. The zero-order valence-corrected chi connectivity index (χ0v) is 19.1. The van der Waals surface area contributed by atoms with Crippen LogP contribution in [0, 0.1) is 5.92 Å². The molecule has 2 unspecified atom stereocenters. The molecule has 164 valence electrons. The zero-order chi connectivity index (χ0) is 22.9. The van der Waals surface area contributed by atoms with Crippen molar-refractivity contribution in [3.05, 3.63) is 98.5 Å². The second kappa shape index (κ2) is 8.58. The summed E-state index contributed by atoms with van der Waals surface area (Å²) in [5, 5.41) is 0. The summed E-state index contributed by atoms with van der Waals surface area (Å²) in [6.07, 6.45) is 11.8. The van der Waals surface area contributed by atoms with E-state index >= 15 is 0 Å². The van der Waals surface area contributed by atoms with Gasteiger partial charge in [-0.2, -0.15) is 0 Å². The number of pyridine rings is 1. The molecule has 4 rings (SSSR count). The van der Waals surface area contributed by atoms with Crippen LogP contribution in [-0.2, 0) is 12.0 Å². The molecular formula is C27H29N3O2. The Morgan fingerprint density at radius 1 is 1.25 bits per heavy atom. The first-order chi connectivity index (χ1) is 15.3. The van der Waals surface area contributed by atoms with Crippen LogP contribution < -0.4 is 5.56 Å². The molecule has 2 atom stereocenters. The second-order valence-corrected chi connectivity index (χ2v) is 8.78. The first kappa shape index (κ1) is 21.8. The number of allylic oxidation sites excluding steroid dienone is 3. The predicted octanol–water partition coefficient (Wildman–Crippen LogP) is 4.52. The number of aliphatic imine (C=N–C) groups is 1. The van der Waals surface area contributed by atoms with Gasteiger partial charge in [-0.1, -0.05) is 35.9 Å². The largest absolute Gasteiger partial charge is 0.345 e. The van der Waals surface area contributed by atoms with Gasteiger partial charge in [-0.3, -0.25) is 14.6 Å². The van der Waals surface area contributed by atoms with Gasteiger partial charge in [0.1, 0.15) is 5.54 Å². The van der Waals surface area contributed by atoms with Crippen LogP contribution in [0.4, 0.5) is 0 Å². The molecule has 2 aliphatic rings. The number of hydrogen-bond acceptors (Lipinski definition) is 3. The van der Waals surface area contributed by atoms with E-state index in [0.717, 1.165) is 29.7 Å². The molecule has 2 bridgehead atoms. The van der Waals surface area contributed by atoms with Gasteiger partial charge in [-0.25, -0.2) is 0 Å². The SMILES string of the molecule is C/C=C1\C2C=C(C)CC1(N=C/C=C/c1cccc(C(=O)N(C)C)c1)c1ccc(=O)[nH]c1C2. The summed E-state index contributed by atoms with van der Waals surface area (Å²) in [5.41, 5.74) is 5.69. The maximum absolute atomic E-state index is 12.2. The Labute approximate surface area is 188 Å². The molecule has 0 radical (unpaired) electrons. The van der Waals surface area contributed by atoms with Gasteiger partial charge in [0.15, 0.2) is 0 Å². The quantitative estimate of drug-likeness (QED) is 0.576. The third-order valence-electron chi connectivity index (χ3n) is 6.29. The number of nitrogens with zero attached hydrogens (tertiary/aromatic N) is 2. The van der Waals surface area contributed by atoms with Crippen molar-refractivity contribution < 1.29 is 4.79 Å². The Morgan fingerprint density at radius 3 is 2.81 bits per heavy atom. The minimum atomic E-state index is -0.497. The van der Waals surface area contributed by atoms with Crippen LogP contribution in [0.1, 0.15) is 47.4 Å². The van der Waals surface area contributed by atoms with Crippen molar-refractivity contribution in [1.82, 2.24) is 9.88 Å². The van der Waals surface area contributed by atoms with Crippen molar-refractivity contribution in [3.8, 4) is 0 Å². The summed E-state index contributed by atoms with van der Waals surface area (Å²) in [5.74, 6) is 0.225. The van der Waals surface area contributed by atoms with Crippen molar-refractivity contribution >= 4 is 18.2 Å². The van der Waals surface area contributed by atoms with Crippen molar-refractivity contribution in [2.45, 2.75) is 32.2 Å². The summed E-state index contributed by atoms with van der Waals surface area (Å²) in [4.78, 5) is 33.9. The molecule has 1 heterocycles. The van der Waals surface area contributed by atoms with Gasteiger partial charge in [0.25, 0.3) is 5.91 Å². The highest BCUT2D eigenvalue weighted by atomic mass is 16.2. The number of amides is 1. The first-order valence-corrected chi connectivity index (χ1v) is 10.9. The minimum absolute atomic E-state index is 0.0196. The Bertz CT molecular complexity index is 1230. The molecule has 1 N–H and O–H groups in total. The van der Waals surface area contributed by atoms with Gasteiger partial charge >= 0.3 is 0 Å². The number of rotatable bonds is 4. The number of nitrogens with one attached hydrogen (secondary N) is 1. The van der Waals surface area contributed by atoms with Crippen LogP contribution in [-0.4, -0.2) is 36.1 Å². The van der Waals surface area contributed by atoms with E-state index in [-0.39, 0.29) is 17.4 Å². The van der Waals surface area contributed by atoms with E-state index < -0.39 is 5.54 Å². The normalized spacial score (nSPS) is 23.4. The summed E-state index contributed by atoms with van der Waals surface area (Å²) >= 11 is 0. The highest BCUT2D eigenvalue weighted by Gasteiger charge is 2.46. The maximum atomic E-state index is 12.2. The fourth-order valence-corrected chi connectivity index (χ4v) is 5.01. The summed E-state index contributed by atoms with van der Waals surface area (Å²) in [7, 11) is 3.50. The lowest BCUT2D eigenvalue weighted by molar-refractivity contribution is 0.0827. The number of fused-ring (bicyclic) bond motifs is 4. The molecule has 1 amide bonds.